The lowest BCUT2D eigenvalue weighted by molar-refractivity contribution is 0.291. The molecule has 0 aliphatic rings. The predicted molar refractivity (Wildman–Crippen MR) is 88.5 cm³/mol. The summed E-state index contributed by atoms with van der Waals surface area (Å²) in [6.45, 7) is 2.57. The molecule has 0 saturated heterocycles. The minimum Gasteiger partial charge on any atom is -0.485 e. The molecule has 3 rings (SSSR count). The van der Waals surface area contributed by atoms with E-state index in [0.29, 0.717) is 6.61 Å². The van der Waals surface area contributed by atoms with Crippen LogP contribution in [0.5, 0.6) is 17.2 Å². The average Bonchev–Trinajstić information content (AvgIpc) is 2.57. The van der Waals surface area contributed by atoms with Gasteiger partial charge in [-0.1, -0.05) is 54.6 Å². The number of hydrogen-bond donors (Lipinski definition) is 0. The molecule has 0 aliphatic carbocycles. The van der Waals surface area contributed by atoms with E-state index < -0.39 is 0 Å². The van der Waals surface area contributed by atoms with E-state index in [-0.39, 0.29) is 0 Å². The third-order valence-electron chi connectivity index (χ3n) is 3.31. The van der Waals surface area contributed by atoms with Gasteiger partial charge in [-0.25, -0.2) is 0 Å². The standard InChI is InChI=1S/C20H18O2/c1-16-12-13-19(22-18-10-6-3-7-11-18)20(14-16)21-15-17-8-4-2-5-9-17/h2-14H,15H2,1H3. The summed E-state index contributed by atoms with van der Waals surface area (Å²) in [5, 5.41) is 0. The molecule has 0 N–H and O–H groups in total. The zero-order chi connectivity index (χ0) is 15.2. The van der Waals surface area contributed by atoms with Crippen LogP contribution in [0.15, 0.2) is 78.9 Å². The summed E-state index contributed by atoms with van der Waals surface area (Å²) in [6.07, 6.45) is 0. The first-order chi connectivity index (χ1) is 10.8. The Morgan fingerprint density at radius 2 is 1.41 bits per heavy atom. The fourth-order valence-corrected chi connectivity index (χ4v) is 2.16. The van der Waals surface area contributed by atoms with Crippen LogP contribution in [-0.2, 0) is 6.61 Å². The van der Waals surface area contributed by atoms with Gasteiger partial charge in [-0.15, -0.1) is 0 Å². The molecule has 3 aromatic rings. The summed E-state index contributed by atoms with van der Waals surface area (Å²) < 4.78 is 11.9. The molecular weight excluding hydrogens is 272 g/mol. The second kappa shape index (κ2) is 6.81. The van der Waals surface area contributed by atoms with E-state index in [2.05, 4.69) is 0 Å². The highest BCUT2D eigenvalue weighted by Crippen LogP contribution is 2.32. The summed E-state index contributed by atoms with van der Waals surface area (Å²) in [6, 6.07) is 25.8. The molecule has 0 saturated carbocycles. The molecule has 2 heteroatoms. The molecule has 0 amide bonds. The second-order valence-corrected chi connectivity index (χ2v) is 5.14. The molecule has 2 nitrogen and oxygen atoms in total. The largest absolute Gasteiger partial charge is 0.485 e. The van der Waals surface area contributed by atoms with E-state index in [1.165, 1.54) is 0 Å². The van der Waals surface area contributed by atoms with Crippen LogP contribution in [0.4, 0.5) is 0 Å². The first-order valence-electron chi connectivity index (χ1n) is 7.31. The van der Waals surface area contributed by atoms with E-state index in [1.807, 2.05) is 85.8 Å². The highest BCUT2D eigenvalue weighted by molar-refractivity contribution is 5.45. The third-order valence-corrected chi connectivity index (χ3v) is 3.31. The average molecular weight is 290 g/mol. The molecule has 0 bridgehead atoms. The summed E-state index contributed by atoms with van der Waals surface area (Å²) in [5.74, 6) is 2.29. The summed E-state index contributed by atoms with van der Waals surface area (Å²) >= 11 is 0. The van der Waals surface area contributed by atoms with Crippen molar-refractivity contribution in [1.82, 2.24) is 0 Å². The Morgan fingerprint density at radius 1 is 0.727 bits per heavy atom. The van der Waals surface area contributed by atoms with Crippen molar-refractivity contribution in [2.45, 2.75) is 13.5 Å². The molecule has 110 valence electrons. The van der Waals surface area contributed by atoms with Crippen LogP contribution in [0, 0.1) is 6.92 Å². The number of para-hydroxylation sites is 1. The molecule has 0 unspecified atom stereocenters. The van der Waals surface area contributed by atoms with Gasteiger partial charge < -0.3 is 9.47 Å². The van der Waals surface area contributed by atoms with Gasteiger partial charge in [0, 0.05) is 0 Å². The Kier molecular flexibility index (Phi) is 4.40. The maximum Gasteiger partial charge on any atom is 0.169 e. The SMILES string of the molecule is Cc1ccc(Oc2ccccc2)c(OCc2ccccc2)c1. The van der Waals surface area contributed by atoms with Crippen LogP contribution >= 0.6 is 0 Å². The zero-order valence-corrected chi connectivity index (χ0v) is 12.5. The van der Waals surface area contributed by atoms with Crippen LogP contribution in [0.3, 0.4) is 0 Å². The van der Waals surface area contributed by atoms with Gasteiger partial charge in [-0.05, 0) is 42.3 Å². The quantitative estimate of drug-likeness (QED) is 0.629. The lowest BCUT2D eigenvalue weighted by Gasteiger charge is -2.13. The highest BCUT2D eigenvalue weighted by Gasteiger charge is 2.07. The van der Waals surface area contributed by atoms with Crippen molar-refractivity contribution in [3.8, 4) is 17.2 Å². The number of aryl methyl sites for hydroxylation is 1. The van der Waals surface area contributed by atoms with Gasteiger partial charge >= 0.3 is 0 Å². The predicted octanol–water partition coefficient (Wildman–Crippen LogP) is 5.37. The molecular formula is C20H18O2. The van der Waals surface area contributed by atoms with Crippen molar-refractivity contribution in [2.75, 3.05) is 0 Å². The second-order valence-electron chi connectivity index (χ2n) is 5.14. The van der Waals surface area contributed by atoms with Gasteiger partial charge in [-0.2, -0.15) is 0 Å². The van der Waals surface area contributed by atoms with Gasteiger partial charge in [0.2, 0.25) is 0 Å². The molecule has 3 aromatic carbocycles. The Morgan fingerprint density at radius 3 is 2.14 bits per heavy atom. The topological polar surface area (TPSA) is 18.5 Å². The Hall–Kier alpha value is -2.74. The maximum atomic E-state index is 5.95. The maximum absolute atomic E-state index is 5.95. The first-order valence-corrected chi connectivity index (χ1v) is 7.31. The van der Waals surface area contributed by atoms with Gasteiger partial charge in [0.25, 0.3) is 0 Å². The van der Waals surface area contributed by atoms with Crippen molar-refractivity contribution in [2.24, 2.45) is 0 Å². The van der Waals surface area contributed by atoms with Gasteiger partial charge in [0.1, 0.15) is 12.4 Å². The van der Waals surface area contributed by atoms with Gasteiger partial charge in [0.15, 0.2) is 11.5 Å². The Labute approximate surface area is 131 Å². The third kappa shape index (κ3) is 3.67. The summed E-state index contributed by atoms with van der Waals surface area (Å²) in [7, 11) is 0. The van der Waals surface area contributed by atoms with Crippen molar-refractivity contribution < 1.29 is 9.47 Å². The Balaban J connectivity index is 1.79. The minimum atomic E-state index is 0.523. The normalized spacial score (nSPS) is 10.2. The van der Waals surface area contributed by atoms with Gasteiger partial charge in [-0.3, -0.25) is 0 Å². The smallest absolute Gasteiger partial charge is 0.169 e. The fraction of sp³-hybridized carbons (Fsp3) is 0.100. The number of ether oxygens (including phenoxy) is 2. The van der Waals surface area contributed by atoms with Crippen LogP contribution in [0.25, 0.3) is 0 Å². The fourth-order valence-electron chi connectivity index (χ4n) is 2.16. The van der Waals surface area contributed by atoms with Crippen LogP contribution in [0.1, 0.15) is 11.1 Å². The van der Waals surface area contributed by atoms with Crippen molar-refractivity contribution >= 4 is 0 Å². The van der Waals surface area contributed by atoms with Crippen molar-refractivity contribution in [1.29, 1.82) is 0 Å². The van der Waals surface area contributed by atoms with Crippen molar-refractivity contribution in [3.63, 3.8) is 0 Å². The Bertz CT molecular complexity index is 721. The van der Waals surface area contributed by atoms with E-state index in [9.17, 15) is 0 Å². The number of hydrogen-bond acceptors (Lipinski definition) is 2. The highest BCUT2D eigenvalue weighted by atomic mass is 16.5. The van der Waals surface area contributed by atoms with Crippen LogP contribution < -0.4 is 9.47 Å². The molecule has 0 heterocycles. The lowest BCUT2D eigenvalue weighted by Crippen LogP contribution is -1.97. The molecule has 0 spiro atoms. The minimum absolute atomic E-state index is 0.523. The van der Waals surface area contributed by atoms with Crippen LogP contribution in [0.2, 0.25) is 0 Å². The molecule has 22 heavy (non-hydrogen) atoms. The summed E-state index contributed by atoms with van der Waals surface area (Å²) in [4.78, 5) is 0. The van der Waals surface area contributed by atoms with Crippen LogP contribution in [-0.4, -0.2) is 0 Å². The van der Waals surface area contributed by atoms with Gasteiger partial charge in [0.05, 0.1) is 0 Å². The number of benzene rings is 3. The molecule has 0 radical (unpaired) electrons. The molecule has 0 fully saturated rings. The number of rotatable bonds is 5. The lowest BCUT2D eigenvalue weighted by atomic mass is 10.2. The van der Waals surface area contributed by atoms with Crippen molar-refractivity contribution in [3.05, 3.63) is 90.0 Å². The zero-order valence-electron chi connectivity index (χ0n) is 12.5. The molecule has 0 aliphatic heterocycles. The molecule has 0 atom stereocenters. The van der Waals surface area contributed by atoms with E-state index in [0.717, 1.165) is 28.4 Å². The van der Waals surface area contributed by atoms with E-state index in [1.54, 1.807) is 0 Å². The summed E-state index contributed by atoms with van der Waals surface area (Å²) in [5.41, 5.74) is 2.28. The molecule has 0 aromatic heterocycles. The van der Waals surface area contributed by atoms with E-state index >= 15 is 0 Å². The van der Waals surface area contributed by atoms with E-state index in [4.69, 9.17) is 9.47 Å². The monoisotopic (exact) mass is 290 g/mol. The first kappa shape index (κ1) is 14.2.